The third-order valence-corrected chi connectivity index (χ3v) is 4.18. The molecule has 0 spiro atoms. The lowest BCUT2D eigenvalue weighted by Crippen LogP contribution is -2.01. The molecule has 2 rings (SSSR count). The van der Waals surface area contributed by atoms with Gasteiger partial charge in [-0.2, -0.15) is 0 Å². The summed E-state index contributed by atoms with van der Waals surface area (Å²) in [4.78, 5) is 13.3. The molecule has 0 fully saturated rings. The topological polar surface area (TPSA) is 17.1 Å². The lowest BCUT2D eigenvalue weighted by Gasteiger charge is -2.03. The third kappa shape index (κ3) is 4.22. The van der Waals surface area contributed by atoms with Crippen LogP contribution in [0.25, 0.3) is 0 Å². The van der Waals surface area contributed by atoms with Gasteiger partial charge in [0.15, 0.2) is 5.78 Å². The van der Waals surface area contributed by atoms with Crippen LogP contribution in [0.3, 0.4) is 0 Å². The van der Waals surface area contributed by atoms with Crippen LogP contribution in [-0.4, -0.2) is 12.0 Å². The first-order valence-electron chi connectivity index (χ1n) is 6.11. The van der Waals surface area contributed by atoms with E-state index in [9.17, 15) is 4.79 Å². The molecule has 0 atom stereocenters. The SMILES string of the molecule is CSc1ccc(CCC(=O)c2cccc(Br)c2)cc1. The van der Waals surface area contributed by atoms with Gasteiger partial charge in [0.2, 0.25) is 0 Å². The Morgan fingerprint density at radius 3 is 2.53 bits per heavy atom. The average Bonchev–Trinajstić information content (AvgIpc) is 2.45. The molecule has 0 aliphatic carbocycles. The zero-order valence-electron chi connectivity index (χ0n) is 10.7. The van der Waals surface area contributed by atoms with Crippen LogP contribution in [0.2, 0.25) is 0 Å². The Balaban J connectivity index is 1.96. The maximum atomic E-state index is 12.1. The molecule has 98 valence electrons. The zero-order chi connectivity index (χ0) is 13.7. The second-order valence-electron chi connectivity index (χ2n) is 4.28. The molecular formula is C16H15BrOS. The summed E-state index contributed by atoms with van der Waals surface area (Å²) in [5, 5.41) is 0. The lowest BCUT2D eigenvalue weighted by atomic mass is 10.0. The number of Topliss-reactive ketones (excluding diaryl/α,β-unsaturated/α-hetero) is 1. The van der Waals surface area contributed by atoms with Gasteiger partial charge in [0.1, 0.15) is 0 Å². The number of halogens is 1. The Kier molecular flexibility index (Phi) is 5.23. The second-order valence-corrected chi connectivity index (χ2v) is 6.08. The molecule has 0 bridgehead atoms. The van der Waals surface area contributed by atoms with Gasteiger partial charge in [0.25, 0.3) is 0 Å². The van der Waals surface area contributed by atoms with Crippen molar-refractivity contribution >= 4 is 33.5 Å². The van der Waals surface area contributed by atoms with Crippen LogP contribution in [-0.2, 0) is 6.42 Å². The summed E-state index contributed by atoms with van der Waals surface area (Å²) in [6.07, 6.45) is 3.40. The summed E-state index contributed by atoms with van der Waals surface area (Å²) in [7, 11) is 0. The molecule has 19 heavy (non-hydrogen) atoms. The van der Waals surface area contributed by atoms with Crippen molar-refractivity contribution in [2.75, 3.05) is 6.26 Å². The fraction of sp³-hybridized carbons (Fsp3) is 0.188. The Hall–Kier alpha value is -1.06. The fourth-order valence-electron chi connectivity index (χ4n) is 1.86. The van der Waals surface area contributed by atoms with Gasteiger partial charge < -0.3 is 0 Å². The molecule has 1 nitrogen and oxygen atoms in total. The third-order valence-electron chi connectivity index (χ3n) is 2.95. The summed E-state index contributed by atoms with van der Waals surface area (Å²) >= 11 is 5.12. The van der Waals surface area contributed by atoms with E-state index in [0.717, 1.165) is 16.5 Å². The van der Waals surface area contributed by atoms with Gasteiger partial charge in [0.05, 0.1) is 0 Å². The molecule has 2 aromatic rings. The molecule has 0 heterocycles. The van der Waals surface area contributed by atoms with E-state index in [0.29, 0.717) is 6.42 Å². The number of hydrogen-bond acceptors (Lipinski definition) is 2. The van der Waals surface area contributed by atoms with Crippen LogP contribution >= 0.6 is 27.7 Å². The van der Waals surface area contributed by atoms with E-state index in [1.807, 2.05) is 24.3 Å². The van der Waals surface area contributed by atoms with Gasteiger partial charge in [-0.3, -0.25) is 4.79 Å². The molecule has 0 saturated carbocycles. The van der Waals surface area contributed by atoms with Crippen molar-refractivity contribution in [3.8, 4) is 0 Å². The quantitative estimate of drug-likeness (QED) is 0.566. The predicted octanol–water partition coefficient (Wildman–Crippen LogP) is 4.99. The molecule has 0 aromatic heterocycles. The van der Waals surface area contributed by atoms with Crippen molar-refractivity contribution in [3.05, 3.63) is 64.1 Å². The van der Waals surface area contributed by atoms with E-state index >= 15 is 0 Å². The highest BCUT2D eigenvalue weighted by molar-refractivity contribution is 9.10. The first kappa shape index (κ1) is 14.4. The molecule has 0 radical (unpaired) electrons. The second kappa shape index (κ2) is 6.92. The minimum Gasteiger partial charge on any atom is -0.294 e. The minimum absolute atomic E-state index is 0.190. The smallest absolute Gasteiger partial charge is 0.163 e. The van der Waals surface area contributed by atoms with Crippen molar-refractivity contribution in [2.24, 2.45) is 0 Å². The van der Waals surface area contributed by atoms with E-state index in [2.05, 4.69) is 46.5 Å². The normalized spacial score (nSPS) is 10.4. The van der Waals surface area contributed by atoms with E-state index < -0.39 is 0 Å². The number of rotatable bonds is 5. The number of thioether (sulfide) groups is 1. The molecule has 0 N–H and O–H groups in total. The van der Waals surface area contributed by atoms with E-state index in [1.165, 1.54) is 10.5 Å². The monoisotopic (exact) mass is 334 g/mol. The number of aryl methyl sites for hydroxylation is 1. The Morgan fingerprint density at radius 1 is 1.16 bits per heavy atom. The first-order chi connectivity index (χ1) is 9.19. The van der Waals surface area contributed by atoms with Crippen molar-refractivity contribution in [2.45, 2.75) is 17.7 Å². The molecule has 0 aliphatic rings. The van der Waals surface area contributed by atoms with Crippen LogP contribution in [0.15, 0.2) is 57.9 Å². The van der Waals surface area contributed by atoms with Gasteiger partial charge in [-0.25, -0.2) is 0 Å². The fourth-order valence-corrected chi connectivity index (χ4v) is 2.66. The van der Waals surface area contributed by atoms with E-state index in [1.54, 1.807) is 11.8 Å². The number of carbonyl (C=O) groups is 1. The zero-order valence-corrected chi connectivity index (χ0v) is 13.1. The Labute approximate surface area is 126 Å². The van der Waals surface area contributed by atoms with Crippen molar-refractivity contribution in [3.63, 3.8) is 0 Å². The van der Waals surface area contributed by atoms with Crippen molar-refractivity contribution < 1.29 is 4.79 Å². The van der Waals surface area contributed by atoms with Gasteiger partial charge >= 0.3 is 0 Å². The predicted molar refractivity (Wildman–Crippen MR) is 85.0 cm³/mol. The first-order valence-corrected chi connectivity index (χ1v) is 8.12. The molecule has 3 heteroatoms. The summed E-state index contributed by atoms with van der Waals surface area (Å²) in [6.45, 7) is 0. The standard InChI is InChI=1S/C16H15BrOS/c1-19-15-8-5-12(6-9-15)7-10-16(18)13-3-2-4-14(17)11-13/h2-6,8-9,11H,7,10H2,1H3. The van der Waals surface area contributed by atoms with Crippen LogP contribution in [0.5, 0.6) is 0 Å². The van der Waals surface area contributed by atoms with Gasteiger partial charge in [0, 0.05) is 21.4 Å². The van der Waals surface area contributed by atoms with Crippen LogP contribution in [0, 0.1) is 0 Å². The molecule has 0 amide bonds. The molecular weight excluding hydrogens is 320 g/mol. The summed E-state index contributed by atoms with van der Waals surface area (Å²) in [5.41, 5.74) is 1.98. The highest BCUT2D eigenvalue weighted by Crippen LogP contribution is 2.17. The number of hydrogen-bond donors (Lipinski definition) is 0. The van der Waals surface area contributed by atoms with Crippen molar-refractivity contribution in [1.82, 2.24) is 0 Å². The highest BCUT2D eigenvalue weighted by Gasteiger charge is 2.06. The largest absolute Gasteiger partial charge is 0.294 e. The summed E-state index contributed by atoms with van der Waals surface area (Å²) < 4.78 is 0.947. The maximum Gasteiger partial charge on any atom is 0.163 e. The number of ketones is 1. The van der Waals surface area contributed by atoms with Crippen LogP contribution in [0.1, 0.15) is 22.3 Å². The van der Waals surface area contributed by atoms with Crippen LogP contribution in [0.4, 0.5) is 0 Å². The highest BCUT2D eigenvalue weighted by atomic mass is 79.9. The Morgan fingerprint density at radius 2 is 1.89 bits per heavy atom. The summed E-state index contributed by atoms with van der Waals surface area (Å²) in [6, 6.07) is 16.0. The van der Waals surface area contributed by atoms with E-state index in [-0.39, 0.29) is 5.78 Å². The average molecular weight is 335 g/mol. The van der Waals surface area contributed by atoms with Gasteiger partial charge in [-0.1, -0.05) is 40.2 Å². The molecule has 0 aliphatic heterocycles. The molecule has 0 saturated heterocycles. The van der Waals surface area contributed by atoms with Gasteiger partial charge in [-0.15, -0.1) is 11.8 Å². The lowest BCUT2D eigenvalue weighted by molar-refractivity contribution is 0.0983. The van der Waals surface area contributed by atoms with Crippen molar-refractivity contribution in [1.29, 1.82) is 0 Å². The molecule has 2 aromatic carbocycles. The maximum absolute atomic E-state index is 12.1. The molecule has 0 unspecified atom stereocenters. The number of carbonyl (C=O) groups excluding carboxylic acids is 1. The minimum atomic E-state index is 0.190. The van der Waals surface area contributed by atoms with Crippen LogP contribution < -0.4 is 0 Å². The Bertz CT molecular complexity index is 563. The summed E-state index contributed by atoms with van der Waals surface area (Å²) in [5.74, 6) is 0.190. The van der Waals surface area contributed by atoms with Gasteiger partial charge in [-0.05, 0) is 42.5 Å². The number of benzene rings is 2. The van der Waals surface area contributed by atoms with E-state index in [4.69, 9.17) is 0 Å².